The fraction of sp³-hybridized carbons (Fsp3) is 0.278. The Bertz CT molecular complexity index is 1120. The summed E-state index contributed by atoms with van der Waals surface area (Å²) in [5.41, 5.74) is -1.53. The van der Waals surface area contributed by atoms with E-state index in [9.17, 15) is 22.8 Å². The molecule has 1 amide bonds. The molecule has 148 valence electrons. The topological polar surface area (TPSA) is 78.2 Å². The molecule has 0 unspecified atom stereocenters. The number of anilines is 1. The van der Waals surface area contributed by atoms with E-state index in [4.69, 9.17) is 4.74 Å². The van der Waals surface area contributed by atoms with Crippen LogP contribution in [0.1, 0.15) is 11.3 Å². The summed E-state index contributed by atoms with van der Waals surface area (Å²) in [5, 5.41) is 6.38. The lowest BCUT2D eigenvalue weighted by Crippen LogP contribution is -2.30. The van der Waals surface area contributed by atoms with Crippen LogP contribution >= 0.6 is 0 Å². The minimum absolute atomic E-state index is 0.0712. The van der Waals surface area contributed by atoms with Crippen molar-refractivity contribution in [1.82, 2.24) is 14.3 Å². The zero-order valence-corrected chi connectivity index (χ0v) is 15.3. The first-order chi connectivity index (χ1) is 13.1. The van der Waals surface area contributed by atoms with E-state index in [0.29, 0.717) is 17.5 Å². The van der Waals surface area contributed by atoms with Gasteiger partial charge in [0.25, 0.3) is 5.56 Å². The molecule has 1 N–H and O–H groups in total. The van der Waals surface area contributed by atoms with Crippen molar-refractivity contribution >= 4 is 22.6 Å². The highest BCUT2D eigenvalue weighted by atomic mass is 19.4. The molecule has 0 aliphatic carbocycles. The standard InChI is InChI=1S/C18H17F3N4O3/c1-10-16-13(18(19,20)21)8-15(27)25(17(16)24(2)23-10)9-14(26)22-11-5-4-6-12(7-11)28-3/h4-8H,9H2,1-3H3,(H,22,26). The van der Waals surface area contributed by atoms with Crippen LogP contribution in [0.4, 0.5) is 18.9 Å². The minimum Gasteiger partial charge on any atom is -0.497 e. The van der Waals surface area contributed by atoms with Gasteiger partial charge in [-0.2, -0.15) is 18.3 Å². The smallest absolute Gasteiger partial charge is 0.417 e. The van der Waals surface area contributed by atoms with E-state index in [2.05, 4.69) is 10.4 Å². The van der Waals surface area contributed by atoms with Gasteiger partial charge in [0.1, 0.15) is 17.9 Å². The Kier molecular flexibility index (Phi) is 4.88. The van der Waals surface area contributed by atoms with Crippen LogP contribution in [0.3, 0.4) is 0 Å². The second-order valence-electron chi connectivity index (χ2n) is 6.17. The number of pyridine rings is 1. The van der Waals surface area contributed by atoms with Crippen molar-refractivity contribution in [2.45, 2.75) is 19.6 Å². The molecular formula is C18H17F3N4O3. The van der Waals surface area contributed by atoms with Crippen LogP contribution in [0.25, 0.3) is 11.0 Å². The molecule has 0 spiro atoms. The van der Waals surface area contributed by atoms with Gasteiger partial charge in [0, 0.05) is 24.9 Å². The molecule has 10 heteroatoms. The molecular weight excluding hydrogens is 377 g/mol. The minimum atomic E-state index is -4.72. The number of carbonyl (C=O) groups excluding carboxylic acids is 1. The lowest BCUT2D eigenvalue weighted by atomic mass is 10.1. The van der Waals surface area contributed by atoms with Gasteiger partial charge in [0.2, 0.25) is 5.91 Å². The molecule has 0 aliphatic heterocycles. The van der Waals surface area contributed by atoms with E-state index in [1.54, 1.807) is 24.3 Å². The van der Waals surface area contributed by atoms with Crippen LogP contribution < -0.4 is 15.6 Å². The van der Waals surface area contributed by atoms with Crippen molar-refractivity contribution in [1.29, 1.82) is 0 Å². The van der Waals surface area contributed by atoms with Crippen LogP contribution in [0.15, 0.2) is 35.1 Å². The number of methoxy groups -OCH3 is 1. The first-order valence-corrected chi connectivity index (χ1v) is 8.20. The van der Waals surface area contributed by atoms with E-state index in [0.717, 1.165) is 4.57 Å². The largest absolute Gasteiger partial charge is 0.497 e. The van der Waals surface area contributed by atoms with Gasteiger partial charge in [0.15, 0.2) is 0 Å². The van der Waals surface area contributed by atoms with Gasteiger partial charge in [-0.1, -0.05) is 6.07 Å². The van der Waals surface area contributed by atoms with Crippen LogP contribution in [0, 0.1) is 6.92 Å². The summed E-state index contributed by atoms with van der Waals surface area (Å²) in [4.78, 5) is 24.8. The molecule has 7 nitrogen and oxygen atoms in total. The monoisotopic (exact) mass is 394 g/mol. The first kappa shape index (κ1) is 19.5. The molecule has 0 saturated heterocycles. The Balaban J connectivity index is 2.03. The quantitative estimate of drug-likeness (QED) is 0.738. The molecule has 3 aromatic rings. The predicted molar refractivity (Wildman–Crippen MR) is 96.3 cm³/mol. The summed E-state index contributed by atoms with van der Waals surface area (Å²) in [5.74, 6) is -0.0515. The molecule has 28 heavy (non-hydrogen) atoms. The maximum atomic E-state index is 13.4. The molecule has 0 fully saturated rings. The number of carbonyl (C=O) groups is 1. The van der Waals surface area contributed by atoms with Gasteiger partial charge in [-0.15, -0.1) is 0 Å². The number of hydrogen-bond acceptors (Lipinski definition) is 4. The van der Waals surface area contributed by atoms with Gasteiger partial charge in [-0.3, -0.25) is 18.8 Å². The number of nitrogens with zero attached hydrogens (tertiary/aromatic N) is 3. The third-order valence-corrected chi connectivity index (χ3v) is 4.21. The van der Waals surface area contributed by atoms with E-state index >= 15 is 0 Å². The molecule has 2 heterocycles. The molecule has 0 radical (unpaired) electrons. The van der Waals surface area contributed by atoms with Crippen molar-refractivity contribution in [2.24, 2.45) is 7.05 Å². The van der Waals surface area contributed by atoms with Gasteiger partial charge in [-0.25, -0.2) is 0 Å². The van der Waals surface area contributed by atoms with Crippen molar-refractivity contribution in [3.8, 4) is 5.75 Å². The maximum Gasteiger partial charge on any atom is 0.417 e. The molecule has 0 bridgehead atoms. The van der Waals surface area contributed by atoms with Crippen molar-refractivity contribution in [3.05, 3.63) is 51.9 Å². The lowest BCUT2D eigenvalue weighted by Gasteiger charge is -2.14. The fourth-order valence-electron chi connectivity index (χ4n) is 3.07. The van der Waals surface area contributed by atoms with Crippen molar-refractivity contribution < 1.29 is 22.7 Å². The van der Waals surface area contributed by atoms with Crippen molar-refractivity contribution in [3.63, 3.8) is 0 Å². The normalized spacial score (nSPS) is 11.6. The predicted octanol–water partition coefficient (Wildman–Crippen LogP) is 2.71. The summed E-state index contributed by atoms with van der Waals surface area (Å²) in [6, 6.07) is 7.06. The number of aryl methyl sites for hydroxylation is 2. The van der Waals surface area contributed by atoms with E-state index < -0.39 is 29.8 Å². The number of halogens is 3. The summed E-state index contributed by atoms with van der Waals surface area (Å²) >= 11 is 0. The van der Waals surface area contributed by atoms with Gasteiger partial charge >= 0.3 is 6.18 Å². The Labute approximate surface area is 157 Å². The second kappa shape index (κ2) is 7.02. The lowest BCUT2D eigenvalue weighted by molar-refractivity contribution is -0.136. The Morgan fingerprint density at radius 1 is 1.29 bits per heavy atom. The molecule has 2 aromatic heterocycles. The number of amides is 1. The van der Waals surface area contributed by atoms with Gasteiger partial charge in [0.05, 0.1) is 23.8 Å². The number of benzene rings is 1. The number of alkyl halides is 3. The number of nitrogens with one attached hydrogen (secondary N) is 1. The van der Waals surface area contributed by atoms with E-state index in [1.165, 1.54) is 25.8 Å². The molecule has 0 atom stereocenters. The molecule has 0 saturated carbocycles. The van der Waals surface area contributed by atoms with Crippen LogP contribution in [-0.2, 0) is 24.6 Å². The fourth-order valence-corrected chi connectivity index (χ4v) is 3.07. The van der Waals surface area contributed by atoms with Gasteiger partial charge in [-0.05, 0) is 19.1 Å². The average molecular weight is 394 g/mol. The highest BCUT2D eigenvalue weighted by molar-refractivity contribution is 5.92. The van der Waals surface area contributed by atoms with Crippen LogP contribution in [0.5, 0.6) is 5.75 Å². The van der Waals surface area contributed by atoms with E-state index in [-0.39, 0.29) is 16.7 Å². The first-order valence-electron chi connectivity index (χ1n) is 8.20. The number of rotatable bonds is 4. The summed E-state index contributed by atoms with van der Waals surface area (Å²) in [6.45, 7) is 0.951. The summed E-state index contributed by atoms with van der Waals surface area (Å²) in [6.07, 6.45) is -4.72. The number of aromatic nitrogens is 3. The van der Waals surface area contributed by atoms with Gasteiger partial charge < -0.3 is 10.1 Å². The van der Waals surface area contributed by atoms with Crippen LogP contribution in [0.2, 0.25) is 0 Å². The summed E-state index contributed by atoms with van der Waals surface area (Å²) < 4.78 is 47.3. The molecule has 1 aromatic carbocycles. The Hall–Kier alpha value is -3.30. The molecule has 0 aliphatic rings. The summed E-state index contributed by atoms with van der Waals surface area (Å²) in [7, 11) is 2.90. The SMILES string of the molecule is COc1cccc(NC(=O)Cn2c(=O)cc(C(F)(F)F)c3c(C)nn(C)c32)c1. The third-order valence-electron chi connectivity index (χ3n) is 4.21. The number of fused-ring (bicyclic) bond motifs is 1. The number of ether oxygens (including phenoxy) is 1. The van der Waals surface area contributed by atoms with E-state index in [1.807, 2.05) is 0 Å². The van der Waals surface area contributed by atoms with Crippen LogP contribution in [-0.4, -0.2) is 27.4 Å². The maximum absolute atomic E-state index is 13.4. The molecule has 3 rings (SSSR count). The highest BCUT2D eigenvalue weighted by Crippen LogP contribution is 2.35. The Morgan fingerprint density at radius 2 is 2.00 bits per heavy atom. The second-order valence-corrected chi connectivity index (χ2v) is 6.17. The highest BCUT2D eigenvalue weighted by Gasteiger charge is 2.36. The number of hydrogen-bond donors (Lipinski definition) is 1. The zero-order chi connectivity index (χ0) is 20.6. The van der Waals surface area contributed by atoms with Crippen molar-refractivity contribution in [2.75, 3.05) is 12.4 Å². The Morgan fingerprint density at radius 3 is 2.64 bits per heavy atom. The average Bonchev–Trinajstić information content (AvgIpc) is 2.90. The third kappa shape index (κ3) is 3.57. The zero-order valence-electron chi connectivity index (χ0n) is 15.3.